The third-order valence-electron chi connectivity index (χ3n) is 7.03. The number of hydrogen-bond acceptors (Lipinski definition) is 11. The van der Waals surface area contributed by atoms with Crippen molar-refractivity contribution in [1.29, 1.82) is 0 Å². The highest BCUT2D eigenvalue weighted by atomic mass is 19.2. The van der Waals surface area contributed by atoms with Crippen LogP contribution in [0, 0.1) is 11.3 Å². The second-order valence-electron chi connectivity index (χ2n) is 11.4. The Morgan fingerprint density at radius 3 is 2.06 bits per heavy atom. The summed E-state index contributed by atoms with van der Waals surface area (Å²) < 4.78 is 12.8. The van der Waals surface area contributed by atoms with E-state index in [9.17, 15) is 33.5 Å². The first-order chi connectivity index (χ1) is 21.6. The number of halogens is 1. The van der Waals surface area contributed by atoms with Crippen molar-refractivity contribution in [1.82, 2.24) is 20.1 Å². The molecule has 256 valence electrons. The van der Waals surface area contributed by atoms with E-state index in [1.807, 2.05) is 13.8 Å². The molecule has 0 spiro atoms. The van der Waals surface area contributed by atoms with Gasteiger partial charge in [0.15, 0.2) is 5.78 Å². The number of H-pyrrole nitrogens is 1. The second kappa shape index (κ2) is 17.0. The number of carbonyl (C=O) groups is 5. The zero-order chi connectivity index (χ0) is 36.2. The van der Waals surface area contributed by atoms with Crippen LogP contribution in [0.3, 0.4) is 0 Å². The van der Waals surface area contributed by atoms with Gasteiger partial charge in [0.1, 0.15) is 18.0 Å². The Morgan fingerprint density at radius 1 is 1.15 bits per heavy atom. The molecule has 0 saturated heterocycles. The number of rotatable bonds is 6. The Morgan fingerprint density at radius 2 is 1.70 bits per heavy atom. The van der Waals surface area contributed by atoms with E-state index < -0.39 is 34.9 Å². The number of nitrogens with zero attached hydrogens (tertiary/aromatic N) is 3. The topological polar surface area (TPSA) is 263 Å². The number of carbonyl (C=O) groups excluding carboxylic acids is 3. The molecule has 0 bridgehead atoms. The van der Waals surface area contributed by atoms with E-state index in [0.29, 0.717) is 11.1 Å². The van der Waals surface area contributed by atoms with Gasteiger partial charge < -0.3 is 31.9 Å². The van der Waals surface area contributed by atoms with Crippen molar-refractivity contribution in [2.45, 2.75) is 58.0 Å². The lowest BCUT2D eigenvalue weighted by Crippen LogP contribution is -2.48. The Bertz CT molecular complexity index is 1460. The van der Waals surface area contributed by atoms with Crippen LogP contribution in [-0.2, 0) is 24.0 Å². The first-order valence-corrected chi connectivity index (χ1v) is 14.0. The van der Waals surface area contributed by atoms with Crippen molar-refractivity contribution in [3.05, 3.63) is 78.2 Å². The predicted molar refractivity (Wildman–Crippen MR) is 168 cm³/mol. The summed E-state index contributed by atoms with van der Waals surface area (Å²) in [6.07, 6.45) is 14.8. The van der Waals surface area contributed by atoms with Crippen molar-refractivity contribution < 1.29 is 48.8 Å². The van der Waals surface area contributed by atoms with Gasteiger partial charge >= 0.3 is 11.9 Å². The molecule has 9 N–H and O–H groups in total. The lowest BCUT2D eigenvalue weighted by atomic mass is 9.64. The number of hydrogen-bond donors (Lipinski definition) is 7. The normalized spacial score (nSPS) is 25.2. The zero-order valence-electron chi connectivity index (χ0n) is 26.6. The average molecular weight is 661 g/mol. The number of aliphatic carboxylic acids is 2. The lowest BCUT2D eigenvalue weighted by Gasteiger charge is -2.43. The van der Waals surface area contributed by atoms with Crippen molar-refractivity contribution in [2.24, 2.45) is 17.1 Å². The largest absolute Gasteiger partial charge is 0.480 e. The Hall–Kier alpha value is -5.06. The zero-order valence-corrected chi connectivity index (χ0v) is 26.6. The second-order valence-corrected chi connectivity index (χ2v) is 11.4. The van der Waals surface area contributed by atoms with E-state index >= 15 is 0 Å². The Balaban J connectivity index is 0.000000342. The van der Waals surface area contributed by atoms with Gasteiger partial charge in [0.2, 0.25) is 11.8 Å². The highest BCUT2D eigenvalue weighted by Gasteiger charge is 2.46. The van der Waals surface area contributed by atoms with Crippen LogP contribution in [-0.4, -0.2) is 94.6 Å². The molecule has 0 unspecified atom stereocenters. The minimum Gasteiger partial charge on any atom is -0.480 e. The number of anilines is 1. The maximum absolute atomic E-state index is 12.8. The maximum Gasteiger partial charge on any atom is 0.328 e. The van der Waals surface area contributed by atoms with Gasteiger partial charge in [0, 0.05) is 37.1 Å². The number of nitrogens with two attached hydrogens (primary N) is 2. The molecule has 0 saturated carbocycles. The van der Waals surface area contributed by atoms with Gasteiger partial charge in [-0.2, -0.15) is 0 Å². The molecule has 1 aromatic rings. The number of likely N-dealkylation sites (N-methyl/N-ethyl adjacent to an activating group) is 1. The van der Waals surface area contributed by atoms with E-state index in [1.165, 1.54) is 43.8 Å². The van der Waals surface area contributed by atoms with Crippen molar-refractivity contribution in [3.8, 4) is 0 Å². The first-order valence-electron chi connectivity index (χ1n) is 14.0. The Labute approximate surface area is 270 Å². The smallest absolute Gasteiger partial charge is 0.328 e. The van der Waals surface area contributed by atoms with Gasteiger partial charge in [0.05, 0.1) is 0 Å². The molecule has 4 rings (SSSR count). The number of aromatic nitrogens is 3. The predicted octanol–water partition coefficient (Wildman–Crippen LogP) is 1.37. The van der Waals surface area contributed by atoms with E-state index in [1.54, 1.807) is 26.0 Å². The summed E-state index contributed by atoms with van der Waals surface area (Å²) in [4.78, 5) is 57.9. The van der Waals surface area contributed by atoms with E-state index in [-0.39, 0.29) is 42.3 Å². The quantitative estimate of drug-likeness (QED) is 0.0985. The maximum atomic E-state index is 12.8. The van der Waals surface area contributed by atoms with Gasteiger partial charge in [-0.05, 0) is 61.6 Å². The number of carboxylic acids is 2. The summed E-state index contributed by atoms with van der Waals surface area (Å²) in [7, 11) is 1.45. The average Bonchev–Trinajstić information content (AvgIpc) is 3.56. The van der Waals surface area contributed by atoms with Crippen LogP contribution in [0.4, 0.5) is 10.3 Å². The number of nitrogens with one attached hydrogen (secondary N) is 1. The van der Waals surface area contributed by atoms with Gasteiger partial charge in [0.25, 0.3) is 11.8 Å². The van der Waals surface area contributed by atoms with E-state index in [0.717, 1.165) is 23.1 Å². The fraction of sp³-hybridized carbons (Fsp3) is 0.387. The molecule has 1 aliphatic heterocycles. The van der Waals surface area contributed by atoms with Crippen LogP contribution in [0.2, 0.25) is 0 Å². The highest BCUT2D eigenvalue weighted by Crippen LogP contribution is 2.44. The standard InChI is InChI=1S/C15H20O4.C9H12FNO3.C5H5NO2.C2H4N4/c1-10(7-13(17)18)5-6-15(19)11(2)8-12(16)9-14(15,3)4;10-9(14)3-1-6(2-4-9)5-7(11)8(12)13;1-6-4(7)2-3-5(6)8;3-2-4-1-5-6-2/h5-8,19H,9H2,1-4H3,(H,17,18);1-4,6-7,14H,5,11H2,(H,12,13);2-3H,1H3;1H,(H3,3,4,5,6)/b6-5+,10-7-;;;/t15-;6?,7-,9?;;/m10../s1. The molecular weight excluding hydrogens is 619 g/mol. The van der Waals surface area contributed by atoms with Crippen molar-refractivity contribution in [2.75, 3.05) is 12.8 Å². The summed E-state index contributed by atoms with van der Waals surface area (Å²) in [5, 5.41) is 42.7. The van der Waals surface area contributed by atoms with E-state index in [2.05, 4.69) is 15.2 Å². The molecule has 0 aromatic carbocycles. The summed E-state index contributed by atoms with van der Waals surface area (Å²) >= 11 is 0. The van der Waals surface area contributed by atoms with Gasteiger partial charge in [-0.3, -0.25) is 29.2 Å². The fourth-order valence-electron chi connectivity index (χ4n) is 4.24. The number of ketones is 1. The van der Waals surface area contributed by atoms with Crippen LogP contribution in [0.1, 0.15) is 40.5 Å². The summed E-state index contributed by atoms with van der Waals surface area (Å²) in [6.45, 7) is 7.00. The molecule has 3 aliphatic rings. The van der Waals surface area contributed by atoms with Crippen LogP contribution in [0.5, 0.6) is 0 Å². The highest BCUT2D eigenvalue weighted by molar-refractivity contribution is 6.12. The first kappa shape index (κ1) is 40.0. The molecule has 0 fully saturated rings. The molecule has 16 heteroatoms. The summed E-state index contributed by atoms with van der Waals surface area (Å²) in [6, 6.07) is -0.972. The number of allylic oxidation sites excluding steroid dienone is 5. The molecule has 2 aliphatic carbocycles. The van der Waals surface area contributed by atoms with Crippen LogP contribution >= 0.6 is 0 Å². The van der Waals surface area contributed by atoms with Crippen molar-refractivity contribution >= 4 is 35.5 Å². The van der Waals surface area contributed by atoms with Crippen molar-refractivity contribution in [3.63, 3.8) is 0 Å². The summed E-state index contributed by atoms with van der Waals surface area (Å²) in [5.41, 5.74) is 9.56. The fourth-order valence-corrected chi connectivity index (χ4v) is 4.24. The molecular formula is C31H41FN6O9. The number of imide groups is 1. The monoisotopic (exact) mass is 660 g/mol. The molecule has 0 radical (unpaired) electrons. The SMILES string of the molecule is CC1=CC(=O)CC(C)(C)[C@@]1(O)/C=C/C(C)=C\C(=O)O.CN1C(=O)C=CC1=O.N[C@@H](CC1C=CC(O)(F)C=C1)C(=O)O.Nc1nc[nH]n1. The van der Waals surface area contributed by atoms with Crippen LogP contribution in [0.15, 0.2) is 78.2 Å². The van der Waals surface area contributed by atoms with Gasteiger partial charge in [-0.1, -0.05) is 32.1 Å². The van der Waals surface area contributed by atoms with Gasteiger partial charge in [-0.15, -0.1) is 5.10 Å². The summed E-state index contributed by atoms with van der Waals surface area (Å²) in [5.74, 6) is -4.97. The number of amides is 2. The number of aromatic amines is 1. The van der Waals surface area contributed by atoms with Gasteiger partial charge in [-0.25, -0.2) is 14.2 Å². The third-order valence-corrected chi connectivity index (χ3v) is 7.03. The minimum absolute atomic E-state index is 0.00150. The lowest BCUT2D eigenvalue weighted by molar-refractivity contribution is -0.139. The Kier molecular flexibility index (Phi) is 14.5. The number of carboxylic acid groups (broad SMARTS) is 2. The van der Waals surface area contributed by atoms with E-state index in [4.69, 9.17) is 26.8 Å². The molecule has 15 nitrogen and oxygen atoms in total. The minimum atomic E-state index is -2.41. The number of nitrogen functional groups attached to an aromatic ring is 1. The molecule has 2 heterocycles. The molecule has 2 atom stereocenters. The van der Waals surface area contributed by atoms with Crippen LogP contribution in [0.25, 0.3) is 0 Å². The number of alkyl halides is 1. The van der Waals surface area contributed by atoms with Crippen LogP contribution < -0.4 is 11.5 Å². The molecule has 1 aromatic heterocycles. The number of aliphatic hydroxyl groups is 2. The third kappa shape index (κ3) is 13.1. The molecule has 2 amide bonds. The molecule has 47 heavy (non-hydrogen) atoms.